The standard InChI is InChI=1S/C14H13N3O/c1-9-4-10(2)6-13(5-9)18-14-16-11(3)7-12(8-15)17-14/h4-7H,1-3H3. The molecule has 1 aromatic carbocycles. The zero-order valence-electron chi connectivity index (χ0n) is 10.6. The summed E-state index contributed by atoms with van der Waals surface area (Å²) >= 11 is 0. The van der Waals surface area contributed by atoms with Crippen LogP contribution in [0.5, 0.6) is 11.8 Å². The van der Waals surface area contributed by atoms with Crippen molar-refractivity contribution in [3.05, 3.63) is 46.8 Å². The van der Waals surface area contributed by atoms with Gasteiger partial charge in [0.1, 0.15) is 17.5 Å². The van der Waals surface area contributed by atoms with Crippen molar-refractivity contribution in [1.82, 2.24) is 9.97 Å². The number of rotatable bonds is 2. The lowest BCUT2D eigenvalue weighted by molar-refractivity contribution is 0.439. The Kier molecular flexibility index (Phi) is 3.24. The van der Waals surface area contributed by atoms with Gasteiger partial charge in [-0.2, -0.15) is 10.2 Å². The Morgan fingerprint density at radius 2 is 1.67 bits per heavy atom. The van der Waals surface area contributed by atoms with E-state index < -0.39 is 0 Å². The minimum atomic E-state index is 0.205. The highest BCUT2D eigenvalue weighted by atomic mass is 16.5. The Hall–Kier alpha value is -2.41. The van der Waals surface area contributed by atoms with E-state index in [2.05, 4.69) is 16.0 Å². The van der Waals surface area contributed by atoms with Crippen LogP contribution in [0, 0.1) is 32.1 Å². The van der Waals surface area contributed by atoms with Crippen molar-refractivity contribution in [3.63, 3.8) is 0 Å². The van der Waals surface area contributed by atoms with Gasteiger partial charge in [0.05, 0.1) is 0 Å². The van der Waals surface area contributed by atoms with Crippen molar-refractivity contribution in [2.24, 2.45) is 0 Å². The van der Waals surface area contributed by atoms with Gasteiger partial charge >= 0.3 is 6.01 Å². The molecule has 4 nitrogen and oxygen atoms in total. The highest BCUT2D eigenvalue weighted by Crippen LogP contribution is 2.21. The molecule has 0 radical (unpaired) electrons. The summed E-state index contributed by atoms with van der Waals surface area (Å²) in [5, 5.41) is 8.84. The van der Waals surface area contributed by atoms with E-state index >= 15 is 0 Å². The third-order valence-corrected chi connectivity index (χ3v) is 2.35. The minimum Gasteiger partial charge on any atom is -0.424 e. The molecule has 0 atom stereocenters. The summed E-state index contributed by atoms with van der Waals surface area (Å²) < 4.78 is 5.59. The van der Waals surface area contributed by atoms with Gasteiger partial charge < -0.3 is 4.74 Å². The first-order valence-corrected chi connectivity index (χ1v) is 5.59. The molecule has 0 N–H and O–H groups in total. The van der Waals surface area contributed by atoms with Gasteiger partial charge in [0, 0.05) is 5.69 Å². The second-order valence-electron chi connectivity index (χ2n) is 4.21. The molecule has 0 aliphatic heterocycles. The van der Waals surface area contributed by atoms with Crippen LogP contribution >= 0.6 is 0 Å². The quantitative estimate of drug-likeness (QED) is 0.808. The van der Waals surface area contributed by atoms with Crippen LogP contribution in [0.3, 0.4) is 0 Å². The molecule has 0 aliphatic rings. The number of ether oxygens (including phenoxy) is 1. The van der Waals surface area contributed by atoms with E-state index in [4.69, 9.17) is 10.00 Å². The normalized spacial score (nSPS) is 9.89. The van der Waals surface area contributed by atoms with Gasteiger partial charge in [-0.05, 0) is 50.1 Å². The molecule has 2 aromatic rings. The maximum atomic E-state index is 8.84. The number of aryl methyl sites for hydroxylation is 3. The summed E-state index contributed by atoms with van der Waals surface area (Å²) in [6.45, 7) is 5.80. The van der Waals surface area contributed by atoms with Gasteiger partial charge in [-0.3, -0.25) is 0 Å². The van der Waals surface area contributed by atoms with Crippen LogP contribution in [-0.4, -0.2) is 9.97 Å². The minimum absolute atomic E-state index is 0.205. The summed E-state index contributed by atoms with van der Waals surface area (Å²) in [4.78, 5) is 8.16. The average Bonchev–Trinajstić information content (AvgIpc) is 2.26. The first kappa shape index (κ1) is 12.1. The third kappa shape index (κ3) is 2.83. The van der Waals surface area contributed by atoms with E-state index in [1.807, 2.05) is 32.0 Å². The van der Waals surface area contributed by atoms with Crippen LogP contribution in [0.25, 0.3) is 0 Å². The zero-order chi connectivity index (χ0) is 13.1. The van der Waals surface area contributed by atoms with Gasteiger partial charge in [-0.1, -0.05) is 6.07 Å². The lowest BCUT2D eigenvalue weighted by Gasteiger charge is -2.06. The van der Waals surface area contributed by atoms with Crippen LogP contribution in [0.1, 0.15) is 22.5 Å². The molecule has 0 aliphatic carbocycles. The third-order valence-electron chi connectivity index (χ3n) is 2.35. The zero-order valence-corrected chi connectivity index (χ0v) is 10.6. The molecule has 0 saturated heterocycles. The molecule has 0 bridgehead atoms. The summed E-state index contributed by atoms with van der Waals surface area (Å²) in [5.74, 6) is 0.682. The fourth-order valence-electron chi connectivity index (χ4n) is 1.74. The Balaban J connectivity index is 2.34. The molecular weight excluding hydrogens is 226 g/mol. The Labute approximate surface area is 106 Å². The van der Waals surface area contributed by atoms with Crippen LogP contribution in [-0.2, 0) is 0 Å². The van der Waals surface area contributed by atoms with Crippen LogP contribution in [0.4, 0.5) is 0 Å². The summed E-state index contributed by atoms with van der Waals surface area (Å²) in [5.41, 5.74) is 3.24. The van der Waals surface area contributed by atoms with Gasteiger partial charge in [-0.25, -0.2) is 4.98 Å². The number of hydrogen-bond acceptors (Lipinski definition) is 4. The lowest BCUT2D eigenvalue weighted by Crippen LogP contribution is -1.96. The second-order valence-corrected chi connectivity index (χ2v) is 4.21. The van der Waals surface area contributed by atoms with Crippen LogP contribution < -0.4 is 4.74 Å². The predicted molar refractivity (Wildman–Crippen MR) is 67.5 cm³/mol. The van der Waals surface area contributed by atoms with Crippen molar-refractivity contribution < 1.29 is 4.74 Å². The SMILES string of the molecule is Cc1cc(C)cc(Oc2nc(C)cc(C#N)n2)c1. The van der Waals surface area contributed by atoms with E-state index in [9.17, 15) is 0 Å². The highest BCUT2D eigenvalue weighted by molar-refractivity contribution is 5.35. The molecule has 0 fully saturated rings. The van der Waals surface area contributed by atoms with Crippen molar-refractivity contribution >= 4 is 0 Å². The molecule has 0 spiro atoms. The monoisotopic (exact) mass is 239 g/mol. The van der Waals surface area contributed by atoms with Crippen molar-refractivity contribution in [2.75, 3.05) is 0 Å². The first-order chi connectivity index (χ1) is 8.56. The second kappa shape index (κ2) is 4.84. The predicted octanol–water partition coefficient (Wildman–Crippen LogP) is 3.07. The Bertz CT molecular complexity index is 609. The average molecular weight is 239 g/mol. The number of nitriles is 1. The van der Waals surface area contributed by atoms with Crippen LogP contribution in [0.15, 0.2) is 24.3 Å². The maximum Gasteiger partial charge on any atom is 0.323 e. The number of nitrogens with zero attached hydrogens (tertiary/aromatic N) is 3. The molecule has 0 saturated carbocycles. The topological polar surface area (TPSA) is 58.8 Å². The summed E-state index contributed by atoms with van der Waals surface area (Å²) in [7, 11) is 0. The molecule has 90 valence electrons. The van der Waals surface area contributed by atoms with E-state index in [0.717, 1.165) is 11.1 Å². The molecule has 1 heterocycles. The fraction of sp³-hybridized carbons (Fsp3) is 0.214. The molecule has 0 unspecified atom stereocenters. The van der Waals surface area contributed by atoms with E-state index in [1.54, 1.807) is 13.0 Å². The van der Waals surface area contributed by atoms with Crippen molar-refractivity contribution in [2.45, 2.75) is 20.8 Å². The molecule has 0 amide bonds. The van der Waals surface area contributed by atoms with Gasteiger partial charge in [0.25, 0.3) is 0 Å². The van der Waals surface area contributed by atoms with E-state index in [-0.39, 0.29) is 6.01 Å². The van der Waals surface area contributed by atoms with Crippen LogP contribution in [0.2, 0.25) is 0 Å². The van der Waals surface area contributed by atoms with Crippen molar-refractivity contribution in [3.8, 4) is 17.8 Å². The van der Waals surface area contributed by atoms with Crippen molar-refractivity contribution in [1.29, 1.82) is 5.26 Å². The summed E-state index contributed by atoms with van der Waals surface area (Å²) in [6.07, 6.45) is 0. The lowest BCUT2D eigenvalue weighted by atomic mass is 10.1. The molecule has 4 heteroatoms. The highest BCUT2D eigenvalue weighted by Gasteiger charge is 2.05. The largest absolute Gasteiger partial charge is 0.424 e. The summed E-state index contributed by atoms with van der Waals surface area (Å²) in [6, 6.07) is 9.69. The smallest absolute Gasteiger partial charge is 0.323 e. The molecule has 18 heavy (non-hydrogen) atoms. The molecule has 2 rings (SSSR count). The number of hydrogen-bond donors (Lipinski definition) is 0. The molecule has 1 aromatic heterocycles. The van der Waals surface area contributed by atoms with Gasteiger partial charge in [0.2, 0.25) is 0 Å². The molecular formula is C14H13N3O. The van der Waals surface area contributed by atoms with Gasteiger partial charge in [0.15, 0.2) is 0 Å². The maximum absolute atomic E-state index is 8.84. The first-order valence-electron chi connectivity index (χ1n) is 5.59. The Morgan fingerprint density at radius 1 is 1.00 bits per heavy atom. The fourth-order valence-corrected chi connectivity index (χ4v) is 1.74. The van der Waals surface area contributed by atoms with Gasteiger partial charge in [-0.15, -0.1) is 0 Å². The number of benzene rings is 1. The Morgan fingerprint density at radius 3 is 2.28 bits per heavy atom. The van der Waals surface area contributed by atoms with E-state index in [1.165, 1.54) is 0 Å². The number of aromatic nitrogens is 2. The van der Waals surface area contributed by atoms with E-state index in [0.29, 0.717) is 17.1 Å².